The molecule has 108 valence electrons. The molecule has 0 spiro atoms. The molecule has 0 bridgehead atoms. The van der Waals surface area contributed by atoms with Crippen molar-refractivity contribution in [3.63, 3.8) is 0 Å². The molecule has 0 saturated carbocycles. The molecule has 0 aromatic heterocycles. The first-order valence-electron chi connectivity index (χ1n) is 3.40. The number of carbonyl (C=O) groups is 1. The van der Waals surface area contributed by atoms with Crippen molar-refractivity contribution in [1.29, 1.82) is 0 Å². The fraction of sp³-hybridized carbons (Fsp3) is 0. The van der Waals surface area contributed by atoms with Gasteiger partial charge < -0.3 is 29.6 Å². The SMILES string of the molecule is C=CC(=O)O.O=P(O)(O)OP(=O)(O)OP(=O)(O)O. The smallest absolute Gasteiger partial charge is 0.478 e. The van der Waals surface area contributed by atoms with Crippen LogP contribution in [0.1, 0.15) is 0 Å². The number of rotatable bonds is 5. The minimum absolute atomic E-state index is 0.833. The number of hydrogen-bond acceptors (Lipinski definition) is 6. The summed E-state index contributed by atoms with van der Waals surface area (Å²) < 4.78 is 36.4. The molecule has 12 nitrogen and oxygen atoms in total. The molecule has 0 heterocycles. The van der Waals surface area contributed by atoms with E-state index in [1.165, 1.54) is 0 Å². The zero-order chi connectivity index (χ0) is 15.2. The minimum Gasteiger partial charge on any atom is -0.478 e. The fourth-order valence-corrected chi connectivity index (χ4v) is 2.82. The van der Waals surface area contributed by atoms with Gasteiger partial charge in [-0.15, -0.1) is 0 Å². The van der Waals surface area contributed by atoms with Gasteiger partial charge in [-0.2, -0.15) is 8.62 Å². The van der Waals surface area contributed by atoms with Crippen molar-refractivity contribution in [3.05, 3.63) is 12.7 Å². The molecule has 0 atom stereocenters. The van der Waals surface area contributed by atoms with Gasteiger partial charge in [0, 0.05) is 6.08 Å². The van der Waals surface area contributed by atoms with Gasteiger partial charge in [0.15, 0.2) is 0 Å². The molecule has 0 fully saturated rings. The highest BCUT2D eigenvalue weighted by atomic mass is 31.3. The third-order valence-corrected chi connectivity index (χ3v) is 3.95. The zero-order valence-corrected chi connectivity index (χ0v) is 10.9. The van der Waals surface area contributed by atoms with Gasteiger partial charge in [-0.25, -0.2) is 18.5 Å². The van der Waals surface area contributed by atoms with Gasteiger partial charge >= 0.3 is 29.4 Å². The number of phosphoric acid groups is 3. The summed E-state index contributed by atoms with van der Waals surface area (Å²) in [5.74, 6) is -0.981. The monoisotopic (exact) mass is 330 g/mol. The molecule has 0 aromatic rings. The molecule has 18 heavy (non-hydrogen) atoms. The van der Waals surface area contributed by atoms with Gasteiger partial charge in [-0.1, -0.05) is 6.58 Å². The first-order valence-corrected chi connectivity index (χ1v) is 7.96. The lowest BCUT2D eigenvalue weighted by atomic mass is 10.7. The van der Waals surface area contributed by atoms with Crippen LogP contribution in [0.3, 0.4) is 0 Å². The van der Waals surface area contributed by atoms with Crippen molar-refractivity contribution in [3.8, 4) is 0 Å². The summed E-state index contributed by atoms with van der Waals surface area (Å²) in [6.45, 7) is 2.96. The summed E-state index contributed by atoms with van der Waals surface area (Å²) in [5.41, 5.74) is 0. The van der Waals surface area contributed by atoms with E-state index < -0.39 is 29.4 Å². The molecule has 0 saturated heterocycles. The Hall–Kier alpha value is -0.380. The van der Waals surface area contributed by atoms with Crippen LogP contribution in [0.25, 0.3) is 0 Å². The van der Waals surface area contributed by atoms with Gasteiger partial charge in [0.1, 0.15) is 0 Å². The van der Waals surface area contributed by atoms with Crippen LogP contribution in [0.2, 0.25) is 0 Å². The van der Waals surface area contributed by atoms with Gasteiger partial charge in [0.25, 0.3) is 0 Å². The highest BCUT2D eigenvalue weighted by molar-refractivity contribution is 7.66. The van der Waals surface area contributed by atoms with Crippen molar-refractivity contribution in [2.75, 3.05) is 0 Å². The largest absolute Gasteiger partial charge is 0.490 e. The van der Waals surface area contributed by atoms with Crippen LogP contribution < -0.4 is 0 Å². The molecule has 6 N–H and O–H groups in total. The second kappa shape index (κ2) is 7.27. The van der Waals surface area contributed by atoms with E-state index in [2.05, 4.69) is 15.2 Å². The van der Waals surface area contributed by atoms with Crippen LogP contribution in [0.5, 0.6) is 0 Å². The van der Waals surface area contributed by atoms with E-state index in [1.54, 1.807) is 0 Å². The van der Waals surface area contributed by atoms with Gasteiger partial charge in [-0.05, 0) is 0 Å². The first-order chi connectivity index (χ1) is 7.68. The minimum atomic E-state index is -5.46. The Balaban J connectivity index is 0. The topological polar surface area (TPSA) is 208 Å². The molecule has 0 aliphatic carbocycles. The number of hydrogen-bond donors (Lipinski definition) is 6. The molecule has 0 rings (SSSR count). The highest BCUT2D eigenvalue weighted by Gasteiger charge is 2.38. The Morgan fingerprint density at radius 1 is 0.944 bits per heavy atom. The second-order valence-electron chi connectivity index (χ2n) is 2.16. The number of aliphatic carboxylic acids is 1. The molecule has 0 aliphatic rings. The Morgan fingerprint density at radius 3 is 1.28 bits per heavy atom. The van der Waals surface area contributed by atoms with Crippen molar-refractivity contribution < 1.29 is 56.7 Å². The normalized spacial score (nSPS) is 12.3. The predicted molar refractivity (Wildman–Crippen MR) is 53.9 cm³/mol. The molecular formula is C3H9O12P3. The Morgan fingerprint density at radius 2 is 1.17 bits per heavy atom. The maximum atomic E-state index is 10.4. The van der Waals surface area contributed by atoms with E-state index in [4.69, 9.17) is 29.6 Å². The summed E-state index contributed by atoms with van der Waals surface area (Å²) in [6.07, 6.45) is 0.833. The molecule has 0 aliphatic heterocycles. The lowest BCUT2D eigenvalue weighted by Crippen LogP contribution is -1.91. The van der Waals surface area contributed by atoms with Crippen LogP contribution in [0.4, 0.5) is 0 Å². The molecule has 15 heteroatoms. The zero-order valence-electron chi connectivity index (χ0n) is 8.26. The molecule has 0 radical (unpaired) electrons. The van der Waals surface area contributed by atoms with Crippen molar-refractivity contribution >= 4 is 29.4 Å². The standard InChI is InChI=1S/C3H4O2.H5O10P3/c1-2-3(4)5;1-11(2,3)9-13(7,8)10-12(4,5)6/h2H,1H2,(H,4,5);(H,7,8)(H2,1,2,3)(H2,4,5,6). The number of carboxylic acid groups (broad SMARTS) is 1. The Bertz CT molecular complexity index is 398. The molecule has 0 unspecified atom stereocenters. The molecule has 0 aromatic carbocycles. The number of carboxylic acids is 1. The molecular weight excluding hydrogens is 321 g/mol. The van der Waals surface area contributed by atoms with E-state index in [0.29, 0.717) is 0 Å². The Labute approximate surface area is 99.6 Å². The van der Waals surface area contributed by atoms with E-state index in [0.717, 1.165) is 6.08 Å². The van der Waals surface area contributed by atoms with Crippen molar-refractivity contribution in [2.24, 2.45) is 0 Å². The van der Waals surface area contributed by atoms with Gasteiger partial charge in [-0.3, -0.25) is 0 Å². The van der Waals surface area contributed by atoms with Crippen molar-refractivity contribution in [2.45, 2.75) is 0 Å². The third-order valence-electron chi connectivity index (χ3n) is 0.594. The maximum Gasteiger partial charge on any atom is 0.490 e. The first kappa shape index (κ1) is 19.9. The fourth-order valence-electron chi connectivity index (χ4n) is 0.284. The Kier molecular flexibility index (Phi) is 8.06. The highest BCUT2D eigenvalue weighted by Crippen LogP contribution is 2.64. The van der Waals surface area contributed by atoms with Crippen LogP contribution in [0.15, 0.2) is 12.7 Å². The van der Waals surface area contributed by atoms with Crippen LogP contribution in [-0.2, 0) is 27.1 Å². The lowest BCUT2D eigenvalue weighted by molar-refractivity contribution is -0.131. The van der Waals surface area contributed by atoms with Crippen LogP contribution in [0, 0.1) is 0 Å². The third kappa shape index (κ3) is 18.0. The summed E-state index contributed by atoms with van der Waals surface area (Å²) in [4.78, 5) is 49.5. The van der Waals surface area contributed by atoms with E-state index in [9.17, 15) is 18.5 Å². The summed E-state index contributed by atoms with van der Waals surface area (Å²) in [7, 11) is -16.2. The van der Waals surface area contributed by atoms with Crippen molar-refractivity contribution in [1.82, 2.24) is 0 Å². The van der Waals surface area contributed by atoms with E-state index >= 15 is 0 Å². The summed E-state index contributed by atoms with van der Waals surface area (Å²) >= 11 is 0. The van der Waals surface area contributed by atoms with E-state index in [1.807, 2.05) is 0 Å². The average molecular weight is 330 g/mol. The summed E-state index contributed by atoms with van der Waals surface area (Å²) in [6, 6.07) is 0. The lowest BCUT2D eigenvalue weighted by Gasteiger charge is -2.11. The molecule has 0 amide bonds. The second-order valence-corrected chi connectivity index (χ2v) is 6.36. The van der Waals surface area contributed by atoms with E-state index in [-0.39, 0.29) is 0 Å². The van der Waals surface area contributed by atoms with Crippen LogP contribution in [-0.4, -0.2) is 35.5 Å². The average Bonchev–Trinajstić information content (AvgIpc) is 1.94. The summed E-state index contributed by atoms with van der Waals surface area (Å²) in [5, 5.41) is 7.60. The predicted octanol–water partition coefficient (Wildman–Crippen LogP) is -0.438. The van der Waals surface area contributed by atoms with Gasteiger partial charge in [0.2, 0.25) is 0 Å². The van der Waals surface area contributed by atoms with Crippen LogP contribution >= 0.6 is 23.5 Å². The quantitative estimate of drug-likeness (QED) is 0.280. The van der Waals surface area contributed by atoms with Gasteiger partial charge in [0.05, 0.1) is 0 Å². The maximum absolute atomic E-state index is 10.4.